The average molecular weight is 422 g/mol. The number of aryl methyl sites for hydroxylation is 2. The largest absolute Gasteiger partial charge is 0.366 e. The summed E-state index contributed by atoms with van der Waals surface area (Å²) in [5, 5.41) is 20.5. The van der Waals surface area contributed by atoms with Crippen LogP contribution in [0, 0.1) is 25.2 Å². The third-order valence-corrected chi connectivity index (χ3v) is 4.89. The third-order valence-electron chi connectivity index (χ3n) is 4.58. The van der Waals surface area contributed by atoms with E-state index in [4.69, 9.17) is 22.6 Å². The molecule has 0 aliphatic carbocycles. The molecular formula is C19H16ClN9O. The Morgan fingerprint density at radius 2 is 2.07 bits per heavy atom. The van der Waals surface area contributed by atoms with Gasteiger partial charge in [0.2, 0.25) is 11.9 Å². The van der Waals surface area contributed by atoms with Gasteiger partial charge in [-0.3, -0.25) is 4.79 Å². The maximum atomic E-state index is 12.6. The molecule has 3 heterocycles. The lowest BCUT2D eigenvalue weighted by Gasteiger charge is -2.10. The van der Waals surface area contributed by atoms with Crippen LogP contribution in [0.1, 0.15) is 22.5 Å². The van der Waals surface area contributed by atoms with Gasteiger partial charge in [0.15, 0.2) is 5.82 Å². The van der Waals surface area contributed by atoms with E-state index in [0.29, 0.717) is 33.6 Å². The van der Waals surface area contributed by atoms with Gasteiger partial charge in [-0.15, -0.1) is 5.10 Å². The summed E-state index contributed by atoms with van der Waals surface area (Å²) < 4.78 is 3.05. The minimum absolute atomic E-state index is 0.0881. The molecule has 0 atom stereocenters. The van der Waals surface area contributed by atoms with Crippen molar-refractivity contribution in [2.24, 2.45) is 0 Å². The summed E-state index contributed by atoms with van der Waals surface area (Å²) in [6.07, 6.45) is 1.76. The zero-order valence-electron chi connectivity index (χ0n) is 16.1. The van der Waals surface area contributed by atoms with E-state index in [-0.39, 0.29) is 18.3 Å². The quantitative estimate of drug-likeness (QED) is 0.514. The van der Waals surface area contributed by atoms with E-state index in [1.165, 1.54) is 9.20 Å². The fourth-order valence-corrected chi connectivity index (χ4v) is 3.38. The number of aromatic nitrogens is 6. The second kappa shape index (κ2) is 7.46. The smallest absolute Gasteiger partial charge is 0.254 e. The van der Waals surface area contributed by atoms with E-state index in [1.807, 2.05) is 19.9 Å². The summed E-state index contributed by atoms with van der Waals surface area (Å²) in [6.45, 7) is 3.64. The number of nitrogens with one attached hydrogen (secondary N) is 1. The lowest BCUT2D eigenvalue weighted by Crippen LogP contribution is -2.18. The van der Waals surface area contributed by atoms with Crippen molar-refractivity contribution >= 4 is 35.1 Å². The Bertz CT molecular complexity index is 1330. The maximum Gasteiger partial charge on any atom is 0.254 e. The molecule has 30 heavy (non-hydrogen) atoms. The van der Waals surface area contributed by atoms with Gasteiger partial charge in [0.1, 0.15) is 0 Å². The van der Waals surface area contributed by atoms with Crippen LogP contribution in [0.25, 0.3) is 11.5 Å². The van der Waals surface area contributed by atoms with Crippen LogP contribution in [0.3, 0.4) is 0 Å². The number of fused-ring (bicyclic) bond motifs is 1. The van der Waals surface area contributed by atoms with Crippen LogP contribution >= 0.6 is 11.6 Å². The summed E-state index contributed by atoms with van der Waals surface area (Å²) in [6, 6.07) is 8.58. The van der Waals surface area contributed by atoms with E-state index in [1.54, 1.807) is 30.5 Å². The van der Waals surface area contributed by atoms with Gasteiger partial charge in [0, 0.05) is 29.2 Å². The van der Waals surface area contributed by atoms with E-state index in [2.05, 4.69) is 25.5 Å². The number of anilines is 2. The van der Waals surface area contributed by atoms with E-state index in [9.17, 15) is 4.79 Å². The summed E-state index contributed by atoms with van der Waals surface area (Å²) in [7, 11) is 0. The van der Waals surface area contributed by atoms with Gasteiger partial charge in [-0.25, -0.2) is 9.67 Å². The number of benzene rings is 1. The van der Waals surface area contributed by atoms with Crippen LogP contribution < -0.4 is 11.1 Å². The molecule has 150 valence electrons. The minimum Gasteiger partial charge on any atom is -0.366 e. The van der Waals surface area contributed by atoms with Gasteiger partial charge in [0.25, 0.3) is 5.78 Å². The van der Waals surface area contributed by atoms with Gasteiger partial charge in [-0.05, 0) is 32.0 Å². The highest BCUT2D eigenvalue weighted by molar-refractivity contribution is 6.32. The van der Waals surface area contributed by atoms with Gasteiger partial charge >= 0.3 is 0 Å². The SMILES string of the molecule is Cc1nc2nc(N)nn2c(C)c1CC(=O)Nc1ccn(-c2ccc(C#N)cc2Cl)n1. The highest BCUT2D eigenvalue weighted by Crippen LogP contribution is 2.22. The summed E-state index contributed by atoms with van der Waals surface area (Å²) in [5.41, 5.74) is 8.85. The van der Waals surface area contributed by atoms with Crippen molar-refractivity contribution in [3.8, 4) is 11.8 Å². The Morgan fingerprint density at radius 3 is 2.80 bits per heavy atom. The third kappa shape index (κ3) is 3.54. The van der Waals surface area contributed by atoms with Crippen molar-refractivity contribution in [1.82, 2.24) is 29.4 Å². The molecule has 0 unspecified atom stereocenters. The first kappa shape index (κ1) is 19.4. The summed E-state index contributed by atoms with van der Waals surface area (Å²) >= 11 is 6.22. The molecule has 0 bridgehead atoms. The van der Waals surface area contributed by atoms with Crippen molar-refractivity contribution in [2.45, 2.75) is 20.3 Å². The first-order chi connectivity index (χ1) is 14.4. The highest BCUT2D eigenvalue weighted by Gasteiger charge is 2.16. The molecule has 0 spiro atoms. The maximum absolute atomic E-state index is 12.6. The number of halogens is 1. The van der Waals surface area contributed by atoms with E-state index >= 15 is 0 Å². The van der Waals surface area contributed by atoms with E-state index in [0.717, 1.165) is 11.3 Å². The second-order valence-corrected chi connectivity index (χ2v) is 7.00. The Labute approximate surface area is 175 Å². The molecular weight excluding hydrogens is 406 g/mol. The number of nitrogens with zero attached hydrogens (tertiary/aromatic N) is 7. The average Bonchev–Trinajstić information content (AvgIpc) is 3.31. The molecule has 3 N–H and O–H groups in total. The molecule has 3 aromatic heterocycles. The lowest BCUT2D eigenvalue weighted by atomic mass is 10.1. The van der Waals surface area contributed by atoms with Crippen molar-refractivity contribution in [2.75, 3.05) is 11.1 Å². The molecule has 0 saturated heterocycles. The highest BCUT2D eigenvalue weighted by atomic mass is 35.5. The van der Waals surface area contributed by atoms with E-state index < -0.39 is 0 Å². The fourth-order valence-electron chi connectivity index (χ4n) is 3.11. The first-order valence-electron chi connectivity index (χ1n) is 8.89. The molecule has 0 aliphatic rings. The molecule has 4 aromatic rings. The standard InChI is InChI=1S/C19H16ClN9O/c1-10-13(11(2)29-19(23-10)25-18(22)27-29)8-17(30)24-16-5-6-28(26-16)15-4-3-12(9-21)7-14(15)20/h3-7H,8H2,1-2H3,(H2,22,27)(H,24,26,30). The number of amides is 1. The Morgan fingerprint density at radius 1 is 1.27 bits per heavy atom. The van der Waals surface area contributed by atoms with Crippen molar-refractivity contribution in [3.63, 3.8) is 0 Å². The zero-order valence-corrected chi connectivity index (χ0v) is 16.8. The van der Waals surface area contributed by atoms with Crippen molar-refractivity contribution in [1.29, 1.82) is 5.26 Å². The number of rotatable bonds is 4. The molecule has 4 rings (SSSR count). The Balaban J connectivity index is 1.53. The number of carbonyl (C=O) groups is 1. The number of nitriles is 1. The van der Waals surface area contributed by atoms with Gasteiger partial charge in [-0.1, -0.05) is 11.6 Å². The van der Waals surface area contributed by atoms with Crippen LogP contribution in [-0.4, -0.2) is 35.3 Å². The minimum atomic E-state index is -0.258. The van der Waals surface area contributed by atoms with Gasteiger partial charge in [-0.2, -0.15) is 19.9 Å². The molecule has 0 aliphatic heterocycles. The van der Waals surface area contributed by atoms with Gasteiger partial charge < -0.3 is 11.1 Å². The molecule has 1 aromatic carbocycles. The van der Waals surface area contributed by atoms with Crippen LogP contribution in [0.5, 0.6) is 0 Å². The monoisotopic (exact) mass is 421 g/mol. The molecule has 0 saturated carbocycles. The topological polar surface area (TPSA) is 140 Å². The molecule has 0 radical (unpaired) electrons. The summed E-state index contributed by atoms with van der Waals surface area (Å²) in [4.78, 5) is 21.0. The predicted octanol–water partition coefficient (Wildman–Crippen LogP) is 2.22. The zero-order chi connectivity index (χ0) is 21.4. The molecule has 0 fully saturated rings. The van der Waals surface area contributed by atoms with Crippen LogP contribution in [-0.2, 0) is 11.2 Å². The summed E-state index contributed by atoms with van der Waals surface area (Å²) in [5.74, 6) is 0.629. The second-order valence-electron chi connectivity index (χ2n) is 6.59. The molecule has 10 nitrogen and oxygen atoms in total. The van der Waals surface area contributed by atoms with Crippen LogP contribution in [0.4, 0.5) is 11.8 Å². The Kier molecular flexibility index (Phi) is 4.81. The number of carbonyl (C=O) groups excluding carboxylic acids is 1. The van der Waals surface area contributed by atoms with Crippen molar-refractivity contribution in [3.05, 3.63) is 58.0 Å². The lowest BCUT2D eigenvalue weighted by molar-refractivity contribution is -0.115. The van der Waals surface area contributed by atoms with Crippen LogP contribution in [0.15, 0.2) is 30.5 Å². The van der Waals surface area contributed by atoms with Crippen LogP contribution in [0.2, 0.25) is 5.02 Å². The number of nitrogen functional groups attached to an aromatic ring is 1. The number of hydrogen-bond acceptors (Lipinski definition) is 7. The first-order valence-corrected chi connectivity index (χ1v) is 9.27. The molecule has 1 amide bonds. The number of hydrogen-bond donors (Lipinski definition) is 2. The Hall–Kier alpha value is -3.97. The number of nitrogens with two attached hydrogens (primary N) is 1. The predicted molar refractivity (Wildman–Crippen MR) is 110 cm³/mol. The van der Waals surface area contributed by atoms with Gasteiger partial charge in [0.05, 0.1) is 28.8 Å². The molecule has 11 heteroatoms. The normalized spacial score (nSPS) is 10.9. The fraction of sp³-hybridized carbons (Fsp3) is 0.158. The van der Waals surface area contributed by atoms with Crippen molar-refractivity contribution < 1.29 is 4.79 Å².